The summed E-state index contributed by atoms with van der Waals surface area (Å²) >= 11 is 3.10. The summed E-state index contributed by atoms with van der Waals surface area (Å²) in [7, 11) is 0. The molecule has 0 unspecified atom stereocenters. The fourth-order valence-electron chi connectivity index (χ4n) is 2.79. The molecular formula is C18H15BrF2N2O2. The molecule has 0 spiro atoms. The summed E-state index contributed by atoms with van der Waals surface area (Å²) in [6.07, 6.45) is 1.73. The molecule has 0 fully saturated rings. The highest BCUT2D eigenvalue weighted by Crippen LogP contribution is 2.29. The van der Waals surface area contributed by atoms with Crippen LogP contribution in [0.5, 0.6) is 0 Å². The van der Waals surface area contributed by atoms with Gasteiger partial charge in [-0.25, -0.2) is 8.78 Å². The summed E-state index contributed by atoms with van der Waals surface area (Å²) in [5.74, 6) is -0.577. The van der Waals surface area contributed by atoms with Gasteiger partial charge in [0.05, 0.1) is 4.47 Å². The van der Waals surface area contributed by atoms with E-state index in [-0.39, 0.29) is 23.4 Å². The van der Waals surface area contributed by atoms with E-state index in [1.165, 1.54) is 6.07 Å². The van der Waals surface area contributed by atoms with Gasteiger partial charge >= 0.3 is 0 Å². The van der Waals surface area contributed by atoms with Crippen molar-refractivity contribution >= 4 is 39.1 Å². The lowest BCUT2D eigenvalue weighted by Crippen LogP contribution is -2.19. The van der Waals surface area contributed by atoms with Crippen molar-refractivity contribution in [3.63, 3.8) is 0 Å². The van der Waals surface area contributed by atoms with Crippen LogP contribution in [0.25, 0.3) is 0 Å². The molecule has 0 saturated heterocycles. The second-order valence-electron chi connectivity index (χ2n) is 5.75. The Bertz CT molecular complexity index is 855. The number of carbonyl (C=O) groups is 2. The minimum absolute atomic E-state index is 0.0342. The molecule has 0 aromatic heterocycles. The highest BCUT2D eigenvalue weighted by Gasteiger charge is 2.19. The van der Waals surface area contributed by atoms with Gasteiger partial charge < -0.3 is 10.6 Å². The number of nitrogens with one attached hydrogen (secondary N) is 2. The molecule has 0 aliphatic carbocycles. The number of anilines is 2. The van der Waals surface area contributed by atoms with Crippen LogP contribution in [0.1, 0.15) is 24.0 Å². The number of hydrogen-bond donors (Lipinski definition) is 2. The highest BCUT2D eigenvalue weighted by molar-refractivity contribution is 9.10. The van der Waals surface area contributed by atoms with Crippen molar-refractivity contribution in [3.05, 3.63) is 57.6 Å². The molecule has 0 radical (unpaired) electrons. The van der Waals surface area contributed by atoms with E-state index in [4.69, 9.17) is 0 Å². The van der Waals surface area contributed by atoms with Gasteiger partial charge in [-0.15, -0.1) is 0 Å². The molecule has 2 aromatic carbocycles. The van der Waals surface area contributed by atoms with E-state index in [0.29, 0.717) is 52.7 Å². The fourth-order valence-corrected chi connectivity index (χ4v) is 3.16. The number of halogens is 3. The van der Waals surface area contributed by atoms with Gasteiger partial charge in [-0.05, 0) is 53.0 Å². The first-order valence-corrected chi connectivity index (χ1v) is 8.59. The predicted molar refractivity (Wildman–Crippen MR) is 94.4 cm³/mol. The Kier molecular flexibility index (Phi) is 5.13. The van der Waals surface area contributed by atoms with Crippen LogP contribution in [0.3, 0.4) is 0 Å². The summed E-state index contributed by atoms with van der Waals surface area (Å²) in [5.41, 5.74) is 2.43. The molecule has 2 aliphatic heterocycles. The van der Waals surface area contributed by atoms with E-state index in [9.17, 15) is 18.4 Å². The molecule has 25 heavy (non-hydrogen) atoms. The van der Waals surface area contributed by atoms with Crippen molar-refractivity contribution in [2.45, 2.75) is 25.7 Å². The molecule has 7 heteroatoms. The highest BCUT2D eigenvalue weighted by atomic mass is 79.9. The van der Waals surface area contributed by atoms with Crippen LogP contribution in [0.15, 0.2) is 34.8 Å². The standard InChI is InChI=1S/C9H7BrFNO.C9H8FNO/c10-6-2-3-7-5(9(6)11)1-4-8(13)12-7;10-7-2-1-3-8-6(7)4-5-9(12)11-8/h2-3H,1,4H2,(H,12,13);1-3H,4-5H2,(H,11,12). The Labute approximate surface area is 151 Å². The Morgan fingerprint density at radius 1 is 0.800 bits per heavy atom. The summed E-state index contributed by atoms with van der Waals surface area (Å²) in [5, 5.41) is 5.25. The van der Waals surface area contributed by atoms with Crippen molar-refractivity contribution < 1.29 is 18.4 Å². The molecule has 2 heterocycles. The van der Waals surface area contributed by atoms with E-state index in [1.54, 1.807) is 24.3 Å². The van der Waals surface area contributed by atoms with Crippen LogP contribution >= 0.6 is 15.9 Å². The topological polar surface area (TPSA) is 58.2 Å². The van der Waals surface area contributed by atoms with Crippen molar-refractivity contribution in [3.8, 4) is 0 Å². The third kappa shape index (κ3) is 3.87. The second kappa shape index (κ2) is 7.31. The quantitative estimate of drug-likeness (QED) is 0.686. The third-order valence-electron chi connectivity index (χ3n) is 4.07. The number of benzene rings is 2. The van der Waals surface area contributed by atoms with Crippen LogP contribution in [0, 0.1) is 11.6 Å². The van der Waals surface area contributed by atoms with Crippen molar-refractivity contribution in [1.29, 1.82) is 0 Å². The Morgan fingerprint density at radius 3 is 2.08 bits per heavy atom. The van der Waals surface area contributed by atoms with E-state index >= 15 is 0 Å². The average molecular weight is 409 g/mol. The Balaban J connectivity index is 0.000000146. The molecule has 0 bridgehead atoms. The second-order valence-corrected chi connectivity index (χ2v) is 6.60. The third-order valence-corrected chi connectivity index (χ3v) is 4.68. The van der Waals surface area contributed by atoms with Gasteiger partial charge in [0.15, 0.2) is 0 Å². The molecule has 0 atom stereocenters. The maximum Gasteiger partial charge on any atom is 0.224 e. The van der Waals surface area contributed by atoms with Gasteiger partial charge in [-0.2, -0.15) is 0 Å². The minimum Gasteiger partial charge on any atom is -0.326 e. The monoisotopic (exact) mass is 408 g/mol. The van der Waals surface area contributed by atoms with Crippen LogP contribution in [0.2, 0.25) is 0 Å². The molecule has 0 saturated carbocycles. The largest absolute Gasteiger partial charge is 0.326 e. The molecule has 2 aliphatic rings. The number of carbonyl (C=O) groups excluding carboxylic acids is 2. The zero-order chi connectivity index (χ0) is 18.0. The number of fused-ring (bicyclic) bond motifs is 2. The minimum atomic E-state index is -0.266. The molecule has 4 nitrogen and oxygen atoms in total. The lowest BCUT2D eigenvalue weighted by molar-refractivity contribution is -0.117. The van der Waals surface area contributed by atoms with Crippen molar-refractivity contribution in [2.75, 3.05) is 10.6 Å². The van der Waals surface area contributed by atoms with Gasteiger partial charge in [0.2, 0.25) is 11.8 Å². The van der Waals surface area contributed by atoms with Gasteiger partial charge in [-0.1, -0.05) is 6.07 Å². The Hall–Kier alpha value is -2.28. The average Bonchev–Trinajstić information content (AvgIpc) is 2.59. The maximum atomic E-state index is 13.4. The van der Waals surface area contributed by atoms with Gasteiger partial charge in [0, 0.05) is 35.3 Å². The van der Waals surface area contributed by atoms with Gasteiger partial charge in [0.1, 0.15) is 11.6 Å². The van der Waals surface area contributed by atoms with E-state index in [0.717, 1.165) is 0 Å². The first kappa shape index (κ1) is 17.5. The lowest BCUT2D eigenvalue weighted by atomic mass is 10.0. The molecule has 2 N–H and O–H groups in total. The molecule has 2 amide bonds. The number of amides is 2. The predicted octanol–water partition coefficient (Wildman–Crippen LogP) is 4.18. The molecule has 4 rings (SSSR count). The molecule has 2 aromatic rings. The first-order chi connectivity index (χ1) is 12.0. The zero-order valence-electron chi connectivity index (χ0n) is 13.2. The van der Waals surface area contributed by atoms with E-state index in [1.807, 2.05) is 0 Å². The SMILES string of the molecule is O=C1CCc2c(F)cccc2N1.O=C1CCc2c(ccc(Br)c2F)N1. The molecular weight excluding hydrogens is 394 g/mol. The van der Waals surface area contributed by atoms with Gasteiger partial charge in [0.25, 0.3) is 0 Å². The van der Waals surface area contributed by atoms with Gasteiger partial charge in [-0.3, -0.25) is 9.59 Å². The van der Waals surface area contributed by atoms with Crippen LogP contribution in [0.4, 0.5) is 20.2 Å². The van der Waals surface area contributed by atoms with Crippen LogP contribution in [-0.2, 0) is 22.4 Å². The summed E-state index contributed by atoms with van der Waals surface area (Å²) < 4.78 is 26.9. The first-order valence-electron chi connectivity index (χ1n) is 7.79. The fraction of sp³-hybridized carbons (Fsp3) is 0.222. The summed E-state index contributed by atoms with van der Waals surface area (Å²) in [6, 6.07) is 8.03. The van der Waals surface area contributed by atoms with Crippen LogP contribution < -0.4 is 10.6 Å². The van der Waals surface area contributed by atoms with E-state index < -0.39 is 0 Å². The summed E-state index contributed by atoms with van der Waals surface area (Å²) in [4.78, 5) is 21.9. The molecule has 130 valence electrons. The normalized spacial score (nSPS) is 15.2. The summed E-state index contributed by atoms with van der Waals surface area (Å²) in [6.45, 7) is 0. The van der Waals surface area contributed by atoms with Crippen molar-refractivity contribution in [2.24, 2.45) is 0 Å². The van der Waals surface area contributed by atoms with E-state index in [2.05, 4.69) is 26.6 Å². The number of hydrogen-bond acceptors (Lipinski definition) is 2. The van der Waals surface area contributed by atoms with Crippen LogP contribution in [-0.4, -0.2) is 11.8 Å². The zero-order valence-corrected chi connectivity index (χ0v) is 14.8. The Morgan fingerprint density at radius 2 is 1.40 bits per heavy atom. The smallest absolute Gasteiger partial charge is 0.224 e. The van der Waals surface area contributed by atoms with Crippen molar-refractivity contribution in [1.82, 2.24) is 0 Å². The number of rotatable bonds is 0. The lowest BCUT2D eigenvalue weighted by Gasteiger charge is -2.17. The maximum absolute atomic E-state index is 13.4.